The summed E-state index contributed by atoms with van der Waals surface area (Å²) >= 11 is 1.61. The molecule has 0 atom stereocenters. The van der Waals surface area contributed by atoms with Crippen LogP contribution in [-0.4, -0.2) is 16.5 Å². The highest BCUT2D eigenvalue weighted by molar-refractivity contribution is 7.16. The lowest BCUT2D eigenvalue weighted by Gasteiger charge is -2.06. The van der Waals surface area contributed by atoms with Crippen LogP contribution in [0, 0.1) is 5.82 Å². The van der Waals surface area contributed by atoms with E-state index >= 15 is 0 Å². The molecule has 1 aromatic carbocycles. The average Bonchev–Trinajstić information content (AvgIpc) is 2.93. The monoisotopic (exact) mass is 287 g/mol. The molecule has 0 unspecified atom stereocenters. The number of hydrogen-bond donors (Lipinski definition) is 1. The van der Waals surface area contributed by atoms with Crippen molar-refractivity contribution < 1.29 is 4.39 Å². The Balaban J connectivity index is 1.56. The molecule has 3 rings (SSSR count). The number of nitrogens with zero attached hydrogens (tertiary/aromatic N) is 2. The molecule has 0 saturated heterocycles. The van der Waals surface area contributed by atoms with E-state index in [1.54, 1.807) is 29.8 Å². The summed E-state index contributed by atoms with van der Waals surface area (Å²) < 4.78 is 13.0. The Morgan fingerprint density at radius 3 is 3.05 bits per heavy atom. The van der Waals surface area contributed by atoms with Crippen LogP contribution in [0.25, 0.3) is 10.2 Å². The van der Waals surface area contributed by atoms with Gasteiger partial charge in [0.1, 0.15) is 22.8 Å². The van der Waals surface area contributed by atoms with Gasteiger partial charge in [-0.1, -0.05) is 12.1 Å². The minimum atomic E-state index is -0.175. The topological polar surface area (TPSA) is 37.8 Å². The first-order valence-electron chi connectivity index (χ1n) is 6.49. The fraction of sp³-hybridized carbons (Fsp3) is 0.200. The maximum Gasteiger partial charge on any atom is 0.138 e. The summed E-state index contributed by atoms with van der Waals surface area (Å²) in [5.74, 6) is 0.696. The third kappa shape index (κ3) is 2.93. The number of rotatable bonds is 5. The number of fused-ring (bicyclic) bond motifs is 1. The fourth-order valence-electron chi connectivity index (χ4n) is 2.12. The molecule has 0 aliphatic carbocycles. The lowest BCUT2D eigenvalue weighted by molar-refractivity contribution is 0.624. The van der Waals surface area contributed by atoms with Crippen LogP contribution in [0.15, 0.2) is 42.0 Å². The second kappa shape index (κ2) is 5.96. The number of aryl methyl sites for hydroxylation is 1. The molecule has 0 saturated carbocycles. The van der Waals surface area contributed by atoms with Crippen molar-refractivity contribution in [1.29, 1.82) is 0 Å². The van der Waals surface area contributed by atoms with Crippen LogP contribution >= 0.6 is 11.3 Å². The van der Waals surface area contributed by atoms with E-state index in [2.05, 4.69) is 15.3 Å². The van der Waals surface area contributed by atoms with Gasteiger partial charge < -0.3 is 5.32 Å². The van der Waals surface area contributed by atoms with Gasteiger partial charge in [0, 0.05) is 6.54 Å². The third-order valence-electron chi connectivity index (χ3n) is 3.09. The molecule has 3 nitrogen and oxygen atoms in total. The molecule has 20 heavy (non-hydrogen) atoms. The maximum absolute atomic E-state index is 13.0. The quantitative estimate of drug-likeness (QED) is 0.724. The molecule has 5 heteroatoms. The van der Waals surface area contributed by atoms with E-state index < -0.39 is 0 Å². The number of halogens is 1. The highest BCUT2D eigenvalue weighted by Crippen LogP contribution is 2.23. The van der Waals surface area contributed by atoms with Gasteiger partial charge in [-0.05, 0) is 42.0 Å². The van der Waals surface area contributed by atoms with Gasteiger partial charge in [0.2, 0.25) is 0 Å². The molecule has 0 bridgehead atoms. The lowest BCUT2D eigenvalue weighted by Crippen LogP contribution is -2.05. The highest BCUT2D eigenvalue weighted by atomic mass is 32.1. The van der Waals surface area contributed by atoms with E-state index in [1.807, 2.05) is 17.5 Å². The van der Waals surface area contributed by atoms with Gasteiger partial charge in [-0.2, -0.15) is 0 Å². The number of hydrogen-bond acceptors (Lipinski definition) is 4. The van der Waals surface area contributed by atoms with Crippen molar-refractivity contribution in [2.45, 2.75) is 12.8 Å². The van der Waals surface area contributed by atoms with Crippen molar-refractivity contribution in [1.82, 2.24) is 9.97 Å². The summed E-state index contributed by atoms with van der Waals surface area (Å²) in [4.78, 5) is 9.47. The Morgan fingerprint density at radius 1 is 1.20 bits per heavy atom. The molecule has 102 valence electrons. The van der Waals surface area contributed by atoms with E-state index in [0.717, 1.165) is 41.0 Å². The normalized spacial score (nSPS) is 10.8. The second-order valence-electron chi connectivity index (χ2n) is 4.52. The van der Waals surface area contributed by atoms with E-state index in [4.69, 9.17) is 0 Å². The minimum Gasteiger partial charge on any atom is -0.369 e. The van der Waals surface area contributed by atoms with Gasteiger partial charge in [-0.15, -0.1) is 11.3 Å². The van der Waals surface area contributed by atoms with Crippen molar-refractivity contribution in [2.75, 3.05) is 11.9 Å². The van der Waals surface area contributed by atoms with Crippen LogP contribution in [0.5, 0.6) is 0 Å². The Morgan fingerprint density at radius 2 is 2.15 bits per heavy atom. The Hall–Kier alpha value is -2.01. The van der Waals surface area contributed by atoms with Crippen molar-refractivity contribution in [3.05, 3.63) is 53.4 Å². The summed E-state index contributed by atoms with van der Waals surface area (Å²) in [6.45, 7) is 0.804. The van der Waals surface area contributed by atoms with Gasteiger partial charge in [0.15, 0.2) is 0 Å². The highest BCUT2D eigenvalue weighted by Gasteiger charge is 2.03. The zero-order valence-electron chi connectivity index (χ0n) is 10.8. The molecular weight excluding hydrogens is 273 g/mol. The van der Waals surface area contributed by atoms with Crippen LogP contribution in [0.1, 0.15) is 12.0 Å². The third-order valence-corrected chi connectivity index (χ3v) is 3.91. The number of anilines is 1. The van der Waals surface area contributed by atoms with E-state index in [9.17, 15) is 4.39 Å². The number of nitrogens with one attached hydrogen (secondary N) is 1. The minimum absolute atomic E-state index is 0.175. The zero-order valence-corrected chi connectivity index (χ0v) is 11.7. The smallest absolute Gasteiger partial charge is 0.138 e. The molecule has 1 N–H and O–H groups in total. The average molecular weight is 287 g/mol. The van der Waals surface area contributed by atoms with Crippen molar-refractivity contribution in [2.24, 2.45) is 0 Å². The van der Waals surface area contributed by atoms with Crippen molar-refractivity contribution >= 4 is 27.4 Å². The summed E-state index contributed by atoms with van der Waals surface area (Å²) in [6, 6.07) is 8.77. The molecule has 2 heterocycles. The Labute approximate surface area is 120 Å². The number of benzene rings is 1. The summed E-state index contributed by atoms with van der Waals surface area (Å²) in [6.07, 6.45) is 3.36. The van der Waals surface area contributed by atoms with Crippen LogP contribution in [0.4, 0.5) is 10.2 Å². The summed E-state index contributed by atoms with van der Waals surface area (Å²) in [5, 5.41) is 6.39. The summed E-state index contributed by atoms with van der Waals surface area (Å²) in [7, 11) is 0. The number of thiophene rings is 1. The largest absolute Gasteiger partial charge is 0.369 e. The predicted octanol–water partition coefficient (Wildman–Crippen LogP) is 3.88. The molecular formula is C15H14FN3S. The van der Waals surface area contributed by atoms with Gasteiger partial charge in [0.25, 0.3) is 0 Å². The Kier molecular flexibility index (Phi) is 3.87. The van der Waals surface area contributed by atoms with E-state index in [0.29, 0.717) is 0 Å². The summed E-state index contributed by atoms with van der Waals surface area (Å²) in [5.41, 5.74) is 1.02. The molecule has 3 aromatic rings. The lowest BCUT2D eigenvalue weighted by atomic mass is 10.1. The van der Waals surface area contributed by atoms with Crippen LogP contribution < -0.4 is 5.32 Å². The first-order chi connectivity index (χ1) is 9.83. The van der Waals surface area contributed by atoms with Crippen molar-refractivity contribution in [3.8, 4) is 0 Å². The number of aromatic nitrogens is 2. The molecule has 0 spiro atoms. The maximum atomic E-state index is 13.0. The zero-order chi connectivity index (χ0) is 13.8. The van der Waals surface area contributed by atoms with Gasteiger partial charge in [-0.3, -0.25) is 0 Å². The van der Waals surface area contributed by atoms with Gasteiger partial charge in [0.05, 0.1) is 5.39 Å². The Bertz CT molecular complexity index is 711. The van der Waals surface area contributed by atoms with E-state index in [-0.39, 0.29) is 5.82 Å². The molecule has 0 fully saturated rings. The first-order valence-corrected chi connectivity index (χ1v) is 7.37. The van der Waals surface area contributed by atoms with Crippen LogP contribution in [-0.2, 0) is 6.42 Å². The predicted molar refractivity (Wildman–Crippen MR) is 80.6 cm³/mol. The standard InChI is InChI=1S/C15H14FN3S/c16-12-5-1-3-11(9-12)4-2-7-17-14-13-6-8-20-15(13)19-10-18-14/h1,3,5-6,8-10H,2,4,7H2,(H,17,18,19). The molecule has 0 aliphatic rings. The van der Waals surface area contributed by atoms with Crippen LogP contribution in [0.2, 0.25) is 0 Å². The van der Waals surface area contributed by atoms with E-state index in [1.165, 1.54) is 6.07 Å². The van der Waals surface area contributed by atoms with Gasteiger partial charge in [-0.25, -0.2) is 14.4 Å². The van der Waals surface area contributed by atoms with Gasteiger partial charge >= 0.3 is 0 Å². The molecule has 0 aliphatic heterocycles. The fourth-order valence-corrected chi connectivity index (χ4v) is 2.86. The van der Waals surface area contributed by atoms with Crippen LogP contribution in [0.3, 0.4) is 0 Å². The first kappa shape index (κ1) is 13.0. The SMILES string of the molecule is Fc1cccc(CCCNc2ncnc3sccc23)c1. The molecule has 2 aromatic heterocycles. The molecule has 0 radical (unpaired) electrons. The van der Waals surface area contributed by atoms with Crippen molar-refractivity contribution in [3.63, 3.8) is 0 Å². The molecule has 0 amide bonds. The second-order valence-corrected chi connectivity index (χ2v) is 5.42.